The predicted molar refractivity (Wildman–Crippen MR) is 100 cm³/mol. The topological polar surface area (TPSA) is 32.3 Å². The largest absolute Gasteiger partial charge is 0.355 e. The summed E-state index contributed by atoms with van der Waals surface area (Å²) in [5.41, 5.74) is 2.36. The van der Waals surface area contributed by atoms with Crippen molar-refractivity contribution in [3.8, 4) is 0 Å². The molecule has 2 heterocycles. The van der Waals surface area contributed by atoms with Gasteiger partial charge in [0.2, 0.25) is 5.91 Å². The summed E-state index contributed by atoms with van der Waals surface area (Å²) in [4.78, 5) is 15.3. The molecule has 2 fully saturated rings. The third-order valence-corrected chi connectivity index (χ3v) is 5.83. The Labute approximate surface area is 154 Å². The number of fused-ring (bicyclic) bond motifs is 1. The highest BCUT2D eigenvalue weighted by molar-refractivity contribution is 5.80. The van der Waals surface area contributed by atoms with Gasteiger partial charge in [-0.25, -0.2) is 4.39 Å². The number of hydrogen-bond acceptors (Lipinski definition) is 2. The fraction of sp³-hybridized carbons (Fsp3) is 0.409. The van der Waals surface area contributed by atoms with Gasteiger partial charge in [0.15, 0.2) is 0 Å². The third kappa shape index (κ3) is 3.51. The van der Waals surface area contributed by atoms with Crippen molar-refractivity contribution in [2.75, 3.05) is 13.1 Å². The highest BCUT2D eigenvalue weighted by Crippen LogP contribution is 2.44. The zero-order chi connectivity index (χ0) is 17.9. The van der Waals surface area contributed by atoms with E-state index < -0.39 is 0 Å². The van der Waals surface area contributed by atoms with E-state index >= 15 is 0 Å². The number of carbonyl (C=O) groups excluding carboxylic acids is 1. The molecule has 2 aromatic carbocycles. The molecule has 0 saturated carbocycles. The van der Waals surface area contributed by atoms with Gasteiger partial charge in [0, 0.05) is 18.6 Å². The summed E-state index contributed by atoms with van der Waals surface area (Å²) in [5.74, 6) is 0.00962. The van der Waals surface area contributed by atoms with E-state index in [-0.39, 0.29) is 17.6 Å². The van der Waals surface area contributed by atoms with Crippen LogP contribution in [0.15, 0.2) is 54.6 Å². The first kappa shape index (κ1) is 17.2. The van der Waals surface area contributed by atoms with Gasteiger partial charge in [-0.2, -0.15) is 0 Å². The average molecular weight is 352 g/mol. The molecule has 2 aliphatic rings. The molecule has 1 amide bonds. The number of benzene rings is 2. The number of rotatable bonds is 5. The summed E-state index contributed by atoms with van der Waals surface area (Å²) in [6.07, 6.45) is 3.92. The first-order valence-electron chi connectivity index (χ1n) is 9.55. The fourth-order valence-corrected chi connectivity index (χ4v) is 4.56. The fourth-order valence-electron chi connectivity index (χ4n) is 4.56. The number of halogens is 1. The maximum atomic E-state index is 13.0. The molecule has 1 N–H and O–H groups in total. The van der Waals surface area contributed by atoms with Crippen LogP contribution in [-0.4, -0.2) is 29.9 Å². The molecule has 26 heavy (non-hydrogen) atoms. The van der Waals surface area contributed by atoms with Gasteiger partial charge in [-0.1, -0.05) is 42.5 Å². The lowest BCUT2D eigenvalue weighted by Gasteiger charge is -2.24. The molecular formula is C22H25FN2O. The Morgan fingerprint density at radius 2 is 1.88 bits per heavy atom. The van der Waals surface area contributed by atoms with Crippen LogP contribution in [0.4, 0.5) is 4.39 Å². The Hall–Kier alpha value is -2.20. The summed E-state index contributed by atoms with van der Waals surface area (Å²) < 4.78 is 13.0. The zero-order valence-electron chi connectivity index (χ0n) is 14.9. The van der Waals surface area contributed by atoms with Crippen molar-refractivity contribution in [1.82, 2.24) is 10.2 Å². The maximum Gasteiger partial charge on any atom is 0.224 e. The van der Waals surface area contributed by atoms with Crippen LogP contribution in [0.3, 0.4) is 0 Å². The molecule has 136 valence electrons. The van der Waals surface area contributed by atoms with E-state index in [1.54, 1.807) is 12.1 Å². The summed E-state index contributed by atoms with van der Waals surface area (Å²) in [6.45, 7) is 1.69. The molecule has 0 unspecified atom stereocenters. The molecule has 4 heteroatoms. The van der Waals surface area contributed by atoms with Crippen LogP contribution in [-0.2, 0) is 11.2 Å². The van der Waals surface area contributed by atoms with E-state index in [0.717, 1.165) is 31.4 Å². The highest BCUT2D eigenvalue weighted by atomic mass is 19.1. The molecule has 3 atom stereocenters. The lowest BCUT2D eigenvalue weighted by Crippen LogP contribution is -2.38. The molecule has 2 saturated heterocycles. The van der Waals surface area contributed by atoms with Gasteiger partial charge in [0.1, 0.15) is 5.82 Å². The van der Waals surface area contributed by atoms with Gasteiger partial charge in [-0.3, -0.25) is 9.69 Å². The molecule has 2 aromatic rings. The number of nitrogens with one attached hydrogen (secondary N) is 1. The smallest absolute Gasteiger partial charge is 0.224 e. The molecule has 0 spiro atoms. The first-order valence-corrected chi connectivity index (χ1v) is 9.55. The second kappa shape index (κ2) is 7.58. The Balaban J connectivity index is 1.37. The van der Waals surface area contributed by atoms with E-state index in [0.29, 0.717) is 18.6 Å². The molecule has 0 radical (unpaired) electrons. The van der Waals surface area contributed by atoms with Crippen LogP contribution < -0.4 is 5.32 Å². The highest BCUT2D eigenvalue weighted by Gasteiger charge is 2.46. The average Bonchev–Trinajstić information content (AvgIpc) is 3.26. The van der Waals surface area contributed by atoms with Crippen LogP contribution in [0.25, 0.3) is 0 Å². The SMILES string of the molecule is O=C(NCCc1ccc(F)cc1)[C@@H]1C[C@H](c2ccccc2)N2CCC[C@@H]12. The summed E-state index contributed by atoms with van der Waals surface area (Å²) in [5, 5.41) is 3.11. The van der Waals surface area contributed by atoms with E-state index in [9.17, 15) is 9.18 Å². The maximum absolute atomic E-state index is 13.0. The molecule has 0 aliphatic carbocycles. The number of hydrogen-bond donors (Lipinski definition) is 1. The van der Waals surface area contributed by atoms with E-state index in [4.69, 9.17) is 0 Å². The molecule has 3 nitrogen and oxygen atoms in total. The Kier molecular flexibility index (Phi) is 5.02. The van der Waals surface area contributed by atoms with E-state index in [1.807, 2.05) is 6.07 Å². The summed E-state index contributed by atoms with van der Waals surface area (Å²) in [7, 11) is 0. The zero-order valence-corrected chi connectivity index (χ0v) is 14.9. The predicted octanol–water partition coefficient (Wildman–Crippen LogP) is 3.71. The van der Waals surface area contributed by atoms with Crippen molar-refractivity contribution in [3.63, 3.8) is 0 Å². The minimum absolute atomic E-state index is 0.0657. The molecular weight excluding hydrogens is 327 g/mol. The molecule has 0 aromatic heterocycles. The van der Waals surface area contributed by atoms with Gasteiger partial charge in [0.05, 0.1) is 5.92 Å². The lowest BCUT2D eigenvalue weighted by atomic mass is 9.93. The second-order valence-corrected chi connectivity index (χ2v) is 7.38. The third-order valence-electron chi connectivity index (χ3n) is 5.83. The quantitative estimate of drug-likeness (QED) is 0.890. The van der Waals surface area contributed by atoms with Crippen LogP contribution in [0.5, 0.6) is 0 Å². The van der Waals surface area contributed by atoms with E-state index in [2.05, 4.69) is 34.5 Å². The van der Waals surface area contributed by atoms with Crippen molar-refractivity contribution in [3.05, 3.63) is 71.5 Å². The standard InChI is InChI=1S/C22H25FN2O/c23-18-10-8-16(9-11-18)12-13-24-22(26)19-15-21(17-5-2-1-3-6-17)25-14-4-7-20(19)25/h1-3,5-6,8-11,19-21H,4,7,12-15H2,(H,24,26)/t19-,20+,21-/m1/s1. The lowest BCUT2D eigenvalue weighted by molar-refractivity contribution is -0.125. The van der Waals surface area contributed by atoms with Crippen molar-refractivity contribution >= 4 is 5.91 Å². The van der Waals surface area contributed by atoms with Gasteiger partial charge in [0.25, 0.3) is 0 Å². The van der Waals surface area contributed by atoms with Crippen molar-refractivity contribution in [2.45, 2.75) is 37.8 Å². The van der Waals surface area contributed by atoms with Crippen molar-refractivity contribution in [1.29, 1.82) is 0 Å². The van der Waals surface area contributed by atoms with Crippen molar-refractivity contribution < 1.29 is 9.18 Å². The van der Waals surface area contributed by atoms with Crippen LogP contribution in [0.2, 0.25) is 0 Å². The molecule has 4 rings (SSSR count). The minimum Gasteiger partial charge on any atom is -0.355 e. The van der Waals surface area contributed by atoms with Gasteiger partial charge in [-0.15, -0.1) is 0 Å². The monoisotopic (exact) mass is 352 g/mol. The Bertz CT molecular complexity index is 746. The van der Waals surface area contributed by atoms with Crippen molar-refractivity contribution in [2.24, 2.45) is 5.92 Å². The van der Waals surface area contributed by atoms with Gasteiger partial charge >= 0.3 is 0 Å². The number of amides is 1. The summed E-state index contributed by atoms with van der Waals surface area (Å²) in [6, 6.07) is 17.8. The second-order valence-electron chi connectivity index (χ2n) is 7.38. The number of carbonyl (C=O) groups is 1. The Morgan fingerprint density at radius 1 is 1.12 bits per heavy atom. The Morgan fingerprint density at radius 3 is 2.65 bits per heavy atom. The van der Waals surface area contributed by atoms with E-state index in [1.165, 1.54) is 24.1 Å². The minimum atomic E-state index is -0.225. The first-order chi connectivity index (χ1) is 12.7. The molecule has 0 bridgehead atoms. The normalized spacial score (nSPS) is 25.2. The van der Waals surface area contributed by atoms with Gasteiger partial charge in [-0.05, 0) is 55.5 Å². The molecule has 2 aliphatic heterocycles. The number of nitrogens with zero attached hydrogens (tertiary/aromatic N) is 1. The van der Waals surface area contributed by atoms with Crippen LogP contribution in [0, 0.1) is 11.7 Å². The van der Waals surface area contributed by atoms with Crippen LogP contribution in [0.1, 0.15) is 36.4 Å². The van der Waals surface area contributed by atoms with Gasteiger partial charge < -0.3 is 5.32 Å². The van der Waals surface area contributed by atoms with Crippen LogP contribution >= 0.6 is 0 Å². The summed E-state index contributed by atoms with van der Waals surface area (Å²) >= 11 is 0.